The van der Waals surface area contributed by atoms with E-state index in [2.05, 4.69) is 15.9 Å². The molecule has 0 fully saturated rings. The quantitative estimate of drug-likeness (QED) is 0.506. The minimum absolute atomic E-state index is 0. The molecule has 0 spiro atoms. The van der Waals surface area contributed by atoms with Gasteiger partial charge in [-0.3, -0.25) is 0 Å². The molecule has 0 saturated carbocycles. The van der Waals surface area contributed by atoms with Crippen molar-refractivity contribution in [2.24, 2.45) is 0 Å². The van der Waals surface area contributed by atoms with Gasteiger partial charge in [-0.2, -0.15) is 0 Å². The molecule has 31 valence electrons. The molecule has 0 heterocycles. The van der Waals surface area contributed by atoms with Gasteiger partial charge in [0.25, 0.3) is 0 Å². The summed E-state index contributed by atoms with van der Waals surface area (Å²) < 4.78 is 7.81. The Labute approximate surface area is 111 Å². The monoisotopic (exact) mass is 413 g/mol. The van der Waals surface area contributed by atoms with Crippen molar-refractivity contribution in [2.75, 3.05) is 0 Å². The van der Waals surface area contributed by atoms with Gasteiger partial charge in [-0.25, -0.2) is 0 Å². The predicted octanol–water partition coefficient (Wildman–Crippen LogP) is -0.124. The molecule has 0 saturated heterocycles. The van der Waals surface area contributed by atoms with Gasteiger partial charge in [0.2, 0.25) is 0 Å². The Kier molecular flexibility index (Phi) is 124. The molecular formula is CeCuLaMnO. The molecule has 0 N–H and O–H groups in total. The molecule has 0 aromatic heterocycles. The number of hydrogen-bond donors (Lipinski definition) is 0. The first-order chi connectivity index (χ1) is 1.00. The molecule has 0 aromatic rings. The predicted molar refractivity (Wildman–Crippen MR) is 0.686 cm³/mol. The van der Waals surface area contributed by atoms with Crippen LogP contribution in [0.1, 0.15) is 0 Å². The molecule has 0 aliphatic carbocycles. The van der Waals surface area contributed by atoms with Crippen LogP contribution in [0.4, 0.5) is 0 Å². The standard InChI is InChI=1S/Ce.Cu.La.Mn.O. The Balaban J connectivity index is -0.00000000167. The van der Waals surface area contributed by atoms with Gasteiger partial charge in [-0.1, -0.05) is 0 Å². The first-order valence-electron chi connectivity index (χ1n) is 0.123. The summed E-state index contributed by atoms with van der Waals surface area (Å²) >= 11 is 2.94. The fourth-order valence-corrected chi connectivity index (χ4v) is 0. The van der Waals surface area contributed by atoms with Crippen LogP contribution in [0.15, 0.2) is 0 Å². The summed E-state index contributed by atoms with van der Waals surface area (Å²) in [6, 6.07) is 0. The van der Waals surface area contributed by atoms with Crippen LogP contribution in [-0.4, -0.2) is 0 Å². The van der Waals surface area contributed by atoms with E-state index in [-0.39, 0.29) is 94.4 Å². The van der Waals surface area contributed by atoms with E-state index in [0.717, 1.165) is 0 Å². The fourth-order valence-electron chi connectivity index (χ4n) is 0. The third kappa shape index (κ3) is 18.7. The molecule has 1 nitrogen and oxygen atoms in total. The Hall–Kier alpha value is 3.41. The summed E-state index contributed by atoms with van der Waals surface area (Å²) in [5.41, 5.74) is 0. The Morgan fingerprint density at radius 2 is 1.20 bits per heavy atom. The molecule has 0 rings (SSSR count). The molecule has 2 radical (unpaired) electrons. The topological polar surface area (TPSA) is 17.1 Å². The summed E-state index contributed by atoms with van der Waals surface area (Å²) in [4.78, 5) is 0. The van der Waals surface area contributed by atoms with Crippen molar-refractivity contribution in [3.63, 3.8) is 0 Å². The maximum absolute atomic E-state index is 7.81. The van der Waals surface area contributed by atoms with Crippen LogP contribution in [0.2, 0.25) is 0 Å². The van der Waals surface area contributed by atoms with Gasteiger partial charge in [0.05, 0.1) is 0 Å². The third-order valence-electron chi connectivity index (χ3n) is 0. The van der Waals surface area contributed by atoms with Crippen LogP contribution in [0.25, 0.3) is 0 Å². The first kappa shape index (κ1) is 23.7. The van der Waals surface area contributed by atoms with Crippen molar-refractivity contribution in [3.05, 3.63) is 0 Å². The molecule has 0 unspecified atom stereocenters. The van der Waals surface area contributed by atoms with Gasteiger partial charge in [-0.15, -0.1) is 0 Å². The Morgan fingerprint density at radius 1 is 1.20 bits per heavy atom. The molecule has 0 atom stereocenters. The Bertz CT molecular complexity index is 11.6. The molecule has 0 aromatic carbocycles. The van der Waals surface area contributed by atoms with Crippen molar-refractivity contribution in [1.82, 2.24) is 0 Å². The van der Waals surface area contributed by atoms with E-state index in [1.807, 2.05) is 0 Å². The van der Waals surface area contributed by atoms with Crippen molar-refractivity contribution in [3.8, 4) is 0 Å². The summed E-state index contributed by atoms with van der Waals surface area (Å²) in [5, 5.41) is 0. The molecule has 5 heteroatoms. The van der Waals surface area contributed by atoms with Gasteiger partial charge in [0.1, 0.15) is 0 Å². The molecular weight excluding hydrogens is 414 g/mol. The van der Waals surface area contributed by atoms with Crippen LogP contribution in [0.3, 0.4) is 0 Å². The van der Waals surface area contributed by atoms with Crippen LogP contribution >= 0.6 is 0 Å². The van der Waals surface area contributed by atoms with Gasteiger partial charge in [0.15, 0.2) is 0 Å². The number of hydrogen-bond acceptors (Lipinski definition) is 1. The second-order valence-electron chi connectivity index (χ2n) is 0. The van der Waals surface area contributed by atoms with Crippen molar-refractivity contribution in [2.45, 2.75) is 0 Å². The van der Waals surface area contributed by atoms with E-state index in [4.69, 9.17) is 3.83 Å². The van der Waals surface area contributed by atoms with E-state index < -0.39 is 0 Å². The number of rotatable bonds is 0. The zero-order valence-electron chi connectivity index (χ0n) is 2.17. The van der Waals surface area contributed by atoms with E-state index in [9.17, 15) is 0 Å². The van der Waals surface area contributed by atoms with E-state index in [1.54, 1.807) is 0 Å². The third-order valence-corrected chi connectivity index (χ3v) is 0. The molecule has 0 aliphatic heterocycles. The van der Waals surface area contributed by atoms with Gasteiger partial charge >= 0.3 is 19.8 Å². The molecule has 5 heavy (non-hydrogen) atoms. The van der Waals surface area contributed by atoms with Gasteiger partial charge < -0.3 is 0 Å². The summed E-state index contributed by atoms with van der Waals surface area (Å²) in [6.45, 7) is 0. The van der Waals surface area contributed by atoms with E-state index in [1.165, 1.54) is 0 Å². The fraction of sp³-hybridized carbons (Fsp3) is 0. The molecule has 0 amide bonds. The minimum atomic E-state index is 0. The van der Waals surface area contributed by atoms with Crippen molar-refractivity contribution in [1.29, 1.82) is 0 Å². The van der Waals surface area contributed by atoms with Crippen LogP contribution in [-0.2, 0) is 36.8 Å². The first-order valence-corrected chi connectivity index (χ1v) is 0.508. The van der Waals surface area contributed by atoms with E-state index >= 15 is 0 Å². The van der Waals surface area contributed by atoms with Crippen LogP contribution < -0.4 is 0 Å². The second kappa shape index (κ2) is 26.2. The van der Waals surface area contributed by atoms with Gasteiger partial charge in [0, 0.05) is 94.4 Å². The van der Waals surface area contributed by atoms with Crippen molar-refractivity contribution >= 4 is 0 Å². The van der Waals surface area contributed by atoms with E-state index in [0.29, 0.717) is 0 Å². The Morgan fingerprint density at radius 3 is 1.20 bits per heavy atom. The molecule has 0 bridgehead atoms. The van der Waals surface area contributed by atoms with Crippen molar-refractivity contribution < 1.29 is 114 Å². The average Bonchev–Trinajstić information content (AvgIpc) is 1.00. The van der Waals surface area contributed by atoms with Crippen LogP contribution in [0.5, 0.6) is 0 Å². The second-order valence-corrected chi connectivity index (χ2v) is 0. The summed E-state index contributed by atoms with van der Waals surface area (Å²) in [5.74, 6) is 0. The average molecular weight is 414 g/mol. The zero-order valence-corrected chi connectivity index (χ0v) is 11.1. The van der Waals surface area contributed by atoms with Gasteiger partial charge in [-0.05, 0) is 0 Å². The van der Waals surface area contributed by atoms with Crippen LogP contribution in [0, 0.1) is 77.3 Å². The zero-order chi connectivity index (χ0) is 2.00. The maximum atomic E-state index is 7.81. The normalized spacial score (nSPS) is 1.20. The molecule has 0 aliphatic rings. The SMILES string of the molecule is [Ce].[La].[Mn].[O]=[Cu]. The summed E-state index contributed by atoms with van der Waals surface area (Å²) in [7, 11) is 0. The summed E-state index contributed by atoms with van der Waals surface area (Å²) in [6.07, 6.45) is 0.